The molecule has 0 fully saturated rings. The molecule has 102 valence electrons. The normalized spacial score (nSPS) is 12.7. The smallest absolute Gasteiger partial charge is 0.134 e. The fraction of sp³-hybridized carbons (Fsp3) is 0.176. The molecule has 2 nitrogen and oxygen atoms in total. The number of furan rings is 1. The van der Waals surface area contributed by atoms with E-state index >= 15 is 0 Å². The van der Waals surface area contributed by atoms with Crippen molar-refractivity contribution in [2.45, 2.75) is 12.5 Å². The molecule has 3 rings (SSSR count). The monoisotopic (exact) mass is 269 g/mol. The Balaban J connectivity index is 1.89. The zero-order valence-electron chi connectivity index (χ0n) is 11.3. The summed E-state index contributed by atoms with van der Waals surface area (Å²) in [7, 11) is 1.89. The molecule has 3 aromatic rings. The first-order valence-corrected chi connectivity index (χ1v) is 6.66. The highest BCUT2D eigenvalue weighted by Crippen LogP contribution is 2.26. The molecule has 0 radical (unpaired) electrons. The summed E-state index contributed by atoms with van der Waals surface area (Å²) in [5, 5.41) is 4.32. The average molecular weight is 269 g/mol. The number of nitrogens with one attached hydrogen (secondary N) is 1. The van der Waals surface area contributed by atoms with Gasteiger partial charge in [-0.1, -0.05) is 30.3 Å². The number of likely N-dealkylation sites (N-methyl/N-ethyl adjacent to an activating group) is 1. The molecule has 0 aliphatic rings. The summed E-state index contributed by atoms with van der Waals surface area (Å²) in [6, 6.07) is 16.7. The van der Waals surface area contributed by atoms with Crippen molar-refractivity contribution in [1.29, 1.82) is 0 Å². The predicted octanol–water partition coefficient (Wildman–Crippen LogP) is 4.08. The second-order valence-corrected chi connectivity index (χ2v) is 4.86. The topological polar surface area (TPSA) is 25.2 Å². The van der Waals surface area contributed by atoms with Crippen molar-refractivity contribution in [1.82, 2.24) is 5.32 Å². The van der Waals surface area contributed by atoms with Gasteiger partial charge in [0.05, 0.1) is 6.04 Å². The zero-order valence-corrected chi connectivity index (χ0v) is 11.3. The van der Waals surface area contributed by atoms with Gasteiger partial charge in [-0.2, -0.15) is 0 Å². The number of benzene rings is 2. The number of hydrogen-bond acceptors (Lipinski definition) is 2. The van der Waals surface area contributed by atoms with Crippen molar-refractivity contribution in [3.63, 3.8) is 0 Å². The number of hydrogen-bond donors (Lipinski definition) is 1. The van der Waals surface area contributed by atoms with Gasteiger partial charge in [0.2, 0.25) is 0 Å². The van der Waals surface area contributed by atoms with E-state index in [1.54, 1.807) is 12.1 Å². The maximum Gasteiger partial charge on any atom is 0.134 e. The minimum Gasteiger partial charge on any atom is -0.459 e. The Labute approximate surface area is 117 Å². The number of halogens is 1. The molecule has 3 heteroatoms. The van der Waals surface area contributed by atoms with E-state index in [2.05, 4.69) is 5.32 Å². The van der Waals surface area contributed by atoms with Gasteiger partial charge in [0.25, 0.3) is 0 Å². The number of para-hydroxylation sites is 1. The van der Waals surface area contributed by atoms with E-state index in [1.165, 1.54) is 6.07 Å². The van der Waals surface area contributed by atoms with Crippen LogP contribution in [0.1, 0.15) is 17.4 Å². The summed E-state index contributed by atoms with van der Waals surface area (Å²) in [5.41, 5.74) is 1.83. The van der Waals surface area contributed by atoms with E-state index in [1.807, 2.05) is 43.4 Å². The minimum absolute atomic E-state index is 0.0317. The van der Waals surface area contributed by atoms with Crippen LogP contribution in [-0.4, -0.2) is 7.05 Å². The van der Waals surface area contributed by atoms with Crippen LogP contribution in [0.15, 0.2) is 59.0 Å². The van der Waals surface area contributed by atoms with E-state index in [-0.39, 0.29) is 11.9 Å². The van der Waals surface area contributed by atoms with Crippen molar-refractivity contribution >= 4 is 11.0 Å². The van der Waals surface area contributed by atoms with Gasteiger partial charge < -0.3 is 9.73 Å². The highest BCUT2D eigenvalue weighted by molar-refractivity contribution is 5.77. The van der Waals surface area contributed by atoms with Crippen LogP contribution in [0.3, 0.4) is 0 Å². The molecule has 0 amide bonds. The maximum absolute atomic E-state index is 13.2. The molecule has 1 atom stereocenters. The van der Waals surface area contributed by atoms with Crippen LogP contribution < -0.4 is 5.32 Å². The standard InChI is InChI=1S/C17H16FNO/c1-19-15(10-12-5-4-7-14(18)9-12)17-11-13-6-2-3-8-16(13)20-17/h2-9,11,15,19H,10H2,1H3. The summed E-state index contributed by atoms with van der Waals surface area (Å²) in [5.74, 6) is 0.667. The van der Waals surface area contributed by atoms with Crippen LogP contribution in [0.4, 0.5) is 4.39 Å². The van der Waals surface area contributed by atoms with Crippen molar-refractivity contribution in [2.75, 3.05) is 7.05 Å². The fourth-order valence-corrected chi connectivity index (χ4v) is 2.42. The molecular formula is C17H16FNO. The molecule has 1 aromatic heterocycles. The van der Waals surface area contributed by atoms with Crippen LogP contribution in [0.25, 0.3) is 11.0 Å². The predicted molar refractivity (Wildman–Crippen MR) is 78.1 cm³/mol. The summed E-state index contributed by atoms with van der Waals surface area (Å²) >= 11 is 0. The van der Waals surface area contributed by atoms with Gasteiger partial charge in [-0.3, -0.25) is 0 Å². The van der Waals surface area contributed by atoms with Gasteiger partial charge in [-0.15, -0.1) is 0 Å². The highest BCUT2D eigenvalue weighted by atomic mass is 19.1. The Bertz CT molecular complexity index is 687. The zero-order chi connectivity index (χ0) is 13.9. The first-order valence-electron chi connectivity index (χ1n) is 6.66. The van der Waals surface area contributed by atoms with Crippen molar-refractivity contribution < 1.29 is 8.81 Å². The Morgan fingerprint density at radius 3 is 2.70 bits per heavy atom. The lowest BCUT2D eigenvalue weighted by Crippen LogP contribution is -2.18. The van der Waals surface area contributed by atoms with E-state index in [9.17, 15) is 4.39 Å². The largest absolute Gasteiger partial charge is 0.459 e. The lowest BCUT2D eigenvalue weighted by atomic mass is 10.0. The SMILES string of the molecule is CNC(Cc1cccc(F)c1)c1cc2ccccc2o1. The fourth-order valence-electron chi connectivity index (χ4n) is 2.42. The summed E-state index contributed by atoms with van der Waals surface area (Å²) < 4.78 is 19.1. The maximum atomic E-state index is 13.2. The van der Waals surface area contributed by atoms with E-state index < -0.39 is 0 Å². The molecule has 0 saturated carbocycles. The van der Waals surface area contributed by atoms with Gasteiger partial charge in [0.15, 0.2) is 0 Å². The first kappa shape index (κ1) is 12.9. The van der Waals surface area contributed by atoms with Gasteiger partial charge in [-0.05, 0) is 43.3 Å². The van der Waals surface area contributed by atoms with Gasteiger partial charge >= 0.3 is 0 Å². The molecule has 0 aliphatic carbocycles. The molecule has 1 unspecified atom stereocenters. The molecule has 0 saturated heterocycles. The van der Waals surface area contributed by atoms with Crippen LogP contribution >= 0.6 is 0 Å². The van der Waals surface area contributed by atoms with Crippen molar-refractivity contribution in [2.24, 2.45) is 0 Å². The Kier molecular flexibility index (Phi) is 3.52. The minimum atomic E-state index is -0.207. The number of fused-ring (bicyclic) bond motifs is 1. The van der Waals surface area contributed by atoms with Crippen LogP contribution in [0, 0.1) is 5.82 Å². The molecule has 0 aliphatic heterocycles. The third-order valence-corrected chi connectivity index (χ3v) is 3.47. The quantitative estimate of drug-likeness (QED) is 0.772. The molecule has 2 aromatic carbocycles. The Morgan fingerprint density at radius 1 is 1.10 bits per heavy atom. The second kappa shape index (κ2) is 5.47. The second-order valence-electron chi connectivity index (χ2n) is 4.86. The molecule has 1 N–H and O–H groups in total. The molecule has 1 heterocycles. The summed E-state index contributed by atoms with van der Waals surface area (Å²) in [6.07, 6.45) is 0.689. The van der Waals surface area contributed by atoms with E-state index in [4.69, 9.17) is 4.42 Å². The van der Waals surface area contributed by atoms with Gasteiger partial charge in [0, 0.05) is 5.39 Å². The van der Waals surface area contributed by atoms with Crippen molar-refractivity contribution in [3.05, 3.63) is 71.7 Å². The van der Waals surface area contributed by atoms with Crippen molar-refractivity contribution in [3.8, 4) is 0 Å². The lowest BCUT2D eigenvalue weighted by Gasteiger charge is -2.13. The Hall–Kier alpha value is -2.13. The molecule has 20 heavy (non-hydrogen) atoms. The summed E-state index contributed by atoms with van der Waals surface area (Å²) in [4.78, 5) is 0. The highest BCUT2D eigenvalue weighted by Gasteiger charge is 2.15. The van der Waals surface area contributed by atoms with Gasteiger partial charge in [0.1, 0.15) is 17.2 Å². The van der Waals surface area contributed by atoms with Crippen LogP contribution in [-0.2, 0) is 6.42 Å². The van der Waals surface area contributed by atoms with E-state index in [0.717, 1.165) is 22.3 Å². The third kappa shape index (κ3) is 2.58. The first-order chi connectivity index (χ1) is 9.76. The number of rotatable bonds is 4. The van der Waals surface area contributed by atoms with Gasteiger partial charge in [-0.25, -0.2) is 4.39 Å². The van der Waals surface area contributed by atoms with Crippen LogP contribution in [0.5, 0.6) is 0 Å². The van der Waals surface area contributed by atoms with Crippen LogP contribution in [0.2, 0.25) is 0 Å². The average Bonchev–Trinajstić information content (AvgIpc) is 2.88. The Morgan fingerprint density at radius 2 is 1.95 bits per heavy atom. The molecular weight excluding hydrogens is 253 g/mol. The summed E-state index contributed by atoms with van der Waals surface area (Å²) in [6.45, 7) is 0. The molecule has 0 bridgehead atoms. The molecule has 0 spiro atoms. The van der Waals surface area contributed by atoms with E-state index in [0.29, 0.717) is 6.42 Å². The lowest BCUT2D eigenvalue weighted by molar-refractivity contribution is 0.450. The third-order valence-electron chi connectivity index (χ3n) is 3.47.